The number of pyridine rings is 1. The third-order valence-corrected chi connectivity index (χ3v) is 4.20. The molecular formula is C19H12Cl2N6O. The molecule has 0 saturated carbocycles. The molecule has 0 radical (unpaired) electrons. The molecule has 9 heteroatoms. The number of rotatable bonds is 4. The Morgan fingerprint density at radius 1 is 0.929 bits per heavy atom. The SMILES string of the molecule is O=c1cc(Cl)cnn1-c1cc(-c2ccnc(Nc3cccc(Cl)c3)n2)ccn1. The van der Waals surface area contributed by atoms with Crippen molar-refractivity contribution < 1.29 is 0 Å². The predicted octanol–water partition coefficient (Wildman–Crippen LogP) is 4.13. The van der Waals surface area contributed by atoms with Gasteiger partial charge in [-0.2, -0.15) is 9.78 Å². The zero-order valence-electron chi connectivity index (χ0n) is 14.3. The fraction of sp³-hybridized carbons (Fsp3) is 0. The van der Waals surface area contributed by atoms with E-state index in [2.05, 4.69) is 25.4 Å². The van der Waals surface area contributed by atoms with E-state index in [0.29, 0.717) is 22.5 Å². The normalized spacial score (nSPS) is 10.6. The Kier molecular flexibility index (Phi) is 5.01. The first-order valence-corrected chi connectivity index (χ1v) is 8.91. The van der Waals surface area contributed by atoms with Crippen LogP contribution in [0.5, 0.6) is 0 Å². The molecular weight excluding hydrogens is 399 g/mol. The molecule has 3 heterocycles. The lowest BCUT2D eigenvalue weighted by molar-refractivity contribution is 0.782. The molecule has 1 aromatic carbocycles. The van der Waals surface area contributed by atoms with Crippen LogP contribution in [0.15, 0.2) is 71.9 Å². The number of hydrogen-bond donors (Lipinski definition) is 1. The Hall–Kier alpha value is -3.29. The molecule has 4 aromatic rings. The zero-order valence-corrected chi connectivity index (χ0v) is 15.8. The Morgan fingerprint density at radius 3 is 2.61 bits per heavy atom. The molecule has 0 amide bonds. The average Bonchev–Trinajstić information content (AvgIpc) is 2.68. The van der Waals surface area contributed by atoms with E-state index in [1.165, 1.54) is 16.9 Å². The quantitative estimate of drug-likeness (QED) is 0.544. The van der Waals surface area contributed by atoms with Gasteiger partial charge in [0.2, 0.25) is 5.95 Å². The van der Waals surface area contributed by atoms with Gasteiger partial charge in [0.15, 0.2) is 5.82 Å². The average molecular weight is 411 g/mol. The van der Waals surface area contributed by atoms with Crippen LogP contribution in [-0.2, 0) is 0 Å². The fourth-order valence-electron chi connectivity index (χ4n) is 2.53. The van der Waals surface area contributed by atoms with Crippen molar-refractivity contribution in [3.8, 4) is 17.1 Å². The molecule has 0 aliphatic rings. The monoisotopic (exact) mass is 410 g/mol. The lowest BCUT2D eigenvalue weighted by Crippen LogP contribution is -2.20. The standard InChI is InChI=1S/C19H12Cl2N6O/c20-13-2-1-3-15(9-13)25-19-23-7-5-16(26-19)12-4-6-22-17(8-12)27-18(28)10-14(21)11-24-27/h1-11H,(H,23,25,26). The van der Waals surface area contributed by atoms with E-state index < -0.39 is 0 Å². The summed E-state index contributed by atoms with van der Waals surface area (Å²) in [5.74, 6) is 0.780. The highest BCUT2D eigenvalue weighted by Gasteiger charge is 2.08. The summed E-state index contributed by atoms with van der Waals surface area (Å²) >= 11 is 11.8. The van der Waals surface area contributed by atoms with Crippen LogP contribution in [0, 0.1) is 0 Å². The second-order valence-corrected chi connectivity index (χ2v) is 6.60. The lowest BCUT2D eigenvalue weighted by atomic mass is 10.2. The minimum atomic E-state index is -0.372. The number of benzene rings is 1. The summed E-state index contributed by atoms with van der Waals surface area (Å²) in [5.41, 5.74) is 1.82. The van der Waals surface area contributed by atoms with Gasteiger partial charge in [-0.05, 0) is 36.4 Å². The summed E-state index contributed by atoms with van der Waals surface area (Å²) < 4.78 is 1.17. The van der Waals surface area contributed by atoms with Gasteiger partial charge in [0.05, 0.1) is 16.9 Å². The topological polar surface area (TPSA) is 85.6 Å². The van der Waals surface area contributed by atoms with Gasteiger partial charge in [-0.3, -0.25) is 4.79 Å². The molecule has 138 valence electrons. The minimum absolute atomic E-state index is 0.268. The van der Waals surface area contributed by atoms with Crippen molar-refractivity contribution >= 4 is 34.8 Å². The zero-order chi connectivity index (χ0) is 19.5. The summed E-state index contributed by atoms with van der Waals surface area (Å²) in [5, 5.41) is 8.01. The van der Waals surface area contributed by atoms with Crippen LogP contribution in [0.3, 0.4) is 0 Å². The van der Waals surface area contributed by atoms with E-state index in [9.17, 15) is 4.79 Å². The van der Waals surface area contributed by atoms with Crippen molar-refractivity contribution in [2.75, 3.05) is 5.32 Å². The number of hydrogen-bond acceptors (Lipinski definition) is 6. The first-order valence-electron chi connectivity index (χ1n) is 8.16. The van der Waals surface area contributed by atoms with Gasteiger partial charge in [-0.25, -0.2) is 15.0 Å². The van der Waals surface area contributed by atoms with E-state index in [1.807, 2.05) is 12.1 Å². The van der Waals surface area contributed by atoms with Crippen LogP contribution in [0.2, 0.25) is 10.0 Å². The number of nitrogens with zero attached hydrogens (tertiary/aromatic N) is 5. The summed E-state index contributed by atoms with van der Waals surface area (Å²) in [6.45, 7) is 0. The molecule has 0 spiro atoms. The highest BCUT2D eigenvalue weighted by molar-refractivity contribution is 6.31. The van der Waals surface area contributed by atoms with Gasteiger partial charge in [-0.15, -0.1) is 0 Å². The first kappa shape index (κ1) is 18.1. The lowest BCUT2D eigenvalue weighted by Gasteiger charge is -2.08. The van der Waals surface area contributed by atoms with Crippen molar-refractivity contribution in [2.45, 2.75) is 0 Å². The van der Waals surface area contributed by atoms with E-state index in [-0.39, 0.29) is 10.6 Å². The fourth-order valence-corrected chi connectivity index (χ4v) is 2.85. The van der Waals surface area contributed by atoms with Crippen LogP contribution >= 0.6 is 23.2 Å². The molecule has 28 heavy (non-hydrogen) atoms. The molecule has 7 nitrogen and oxygen atoms in total. The van der Waals surface area contributed by atoms with Gasteiger partial charge in [0.25, 0.3) is 5.56 Å². The summed E-state index contributed by atoms with van der Waals surface area (Å²) in [7, 11) is 0. The van der Waals surface area contributed by atoms with Gasteiger partial charge >= 0.3 is 0 Å². The molecule has 0 aliphatic carbocycles. The second kappa shape index (κ2) is 7.75. The van der Waals surface area contributed by atoms with E-state index >= 15 is 0 Å². The third kappa shape index (κ3) is 4.00. The Bertz CT molecular complexity index is 1210. The molecule has 0 bridgehead atoms. The molecule has 3 aromatic heterocycles. The highest BCUT2D eigenvalue weighted by atomic mass is 35.5. The van der Waals surface area contributed by atoms with E-state index in [0.717, 1.165) is 11.3 Å². The van der Waals surface area contributed by atoms with Crippen molar-refractivity contribution in [1.82, 2.24) is 24.7 Å². The van der Waals surface area contributed by atoms with E-state index in [4.69, 9.17) is 23.2 Å². The number of aromatic nitrogens is 5. The van der Waals surface area contributed by atoms with Crippen LogP contribution in [0.4, 0.5) is 11.6 Å². The molecule has 4 rings (SSSR count). The summed E-state index contributed by atoms with van der Waals surface area (Å²) in [4.78, 5) is 25.1. The van der Waals surface area contributed by atoms with Gasteiger partial charge in [0, 0.05) is 34.7 Å². The number of halogens is 2. The van der Waals surface area contributed by atoms with Gasteiger partial charge in [0.1, 0.15) is 0 Å². The van der Waals surface area contributed by atoms with Crippen LogP contribution < -0.4 is 10.9 Å². The van der Waals surface area contributed by atoms with Crippen molar-refractivity contribution in [1.29, 1.82) is 0 Å². The summed E-state index contributed by atoms with van der Waals surface area (Å²) in [6.07, 6.45) is 4.61. The first-order chi connectivity index (χ1) is 13.6. The third-order valence-electron chi connectivity index (χ3n) is 3.76. The second-order valence-electron chi connectivity index (χ2n) is 5.73. The van der Waals surface area contributed by atoms with Crippen LogP contribution in [0.25, 0.3) is 17.1 Å². The molecule has 0 atom stereocenters. The van der Waals surface area contributed by atoms with E-state index in [1.54, 1.807) is 42.7 Å². The van der Waals surface area contributed by atoms with Crippen LogP contribution in [0.1, 0.15) is 0 Å². The maximum atomic E-state index is 12.1. The van der Waals surface area contributed by atoms with Crippen molar-refractivity contribution in [2.24, 2.45) is 0 Å². The summed E-state index contributed by atoms with van der Waals surface area (Å²) in [6, 6.07) is 13.8. The Labute approximate surface area is 169 Å². The van der Waals surface area contributed by atoms with Crippen molar-refractivity contribution in [3.63, 3.8) is 0 Å². The maximum absolute atomic E-state index is 12.1. The number of anilines is 2. The van der Waals surface area contributed by atoms with Gasteiger partial charge in [-0.1, -0.05) is 29.3 Å². The molecule has 1 N–H and O–H groups in total. The van der Waals surface area contributed by atoms with Gasteiger partial charge < -0.3 is 5.32 Å². The van der Waals surface area contributed by atoms with Crippen LogP contribution in [-0.4, -0.2) is 24.7 Å². The number of nitrogens with one attached hydrogen (secondary N) is 1. The Balaban J connectivity index is 1.67. The Morgan fingerprint density at radius 2 is 1.79 bits per heavy atom. The smallest absolute Gasteiger partial charge is 0.274 e. The molecule has 0 fully saturated rings. The molecule has 0 saturated heterocycles. The molecule has 0 unspecified atom stereocenters. The predicted molar refractivity (Wildman–Crippen MR) is 108 cm³/mol. The molecule has 0 aliphatic heterocycles. The maximum Gasteiger partial charge on any atom is 0.274 e. The highest BCUT2D eigenvalue weighted by Crippen LogP contribution is 2.22. The largest absolute Gasteiger partial charge is 0.324 e. The van der Waals surface area contributed by atoms with Crippen molar-refractivity contribution in [3.05, 3.63) is 87.5 Å². The minimum Gasteiger partial charge on any atom is -0.324 e.